The molecule has 1 unspecified atom stereocenters. The van der Waals surface area contributed by atoms with Gasteiger partial charge >= 0.3 is 6.03 Å². The van der Waals surface area contributed by atoms with Crippen LogP contribution >= 0.6 is 0 Å². The first-order chi connectivity index (χ1) is 13.0. The van der Waals surface area contributed by atoms with E-state index in [0.29, 0.717) is 31.2 Å². The number of rotatable bonds is 9. The van der Waals surface area contributed by atoms with Gasteiger partial charge in [0.05, 0.1) is 12.6 Å². The lowest BCUT2D eigenvalue weighted by molar-refractivity contribution is 0.146. The lowest BCUT2D eigenvalue weighted by atomic mass is 10.1. The number of halogens is 1. The Morgan fingerprint density at radius 3 is 2.33 bits per heavy atom. The number of hydrogen-bond acceptors (Lipinski definition) is 4. The standard InChI is InChI=1S/C20H26FN3O3/c1-24(2)19(15-4-6-16(21)7-5-15)14-22-20(25)23-17-8-10-18(11-9-17)27-13-12-26-3/h4-11,19H,12-14H2,1-3H3,(H2,22,23,25). The monoisotopic (exact) mass is 375 g/mol. The van der Waals surface area contributed by atoms with Crippen LogP contribution in [0.2, 0.25) is 0 Å². The molecule has 0 radical (unpaired) electrons. The molecule has 0 aromatic heterocycles. The van der Waals surface area contributed by atoms with E-state index in [1.165, 1.54) is 12.1 Å². The van der Waals surface area contributed by atoms with Crippen LogP contribution in [-0.4, -0.2) is 51.9 Å². The summed E-state index contributed by atoms with van der Waals surface area (Å²) in [5, 5.41) is 5.63. The zero-order chi connectivity index (χ0) is 19.6. The predicted octanol–water partition coefficient (Wildman–Crippen LogP) is 3.28. The lowest BCUT2D eigenvalue weighted by Gasteiger charge is -2.25. The van der Waals surface area contributed by atoms with E-state index >= 15 is 0 Å². The van der Waals surface area contributed by atoms with Gasteiger partial charge in [-0.3, -0.25) is 0 Å². The summed E-state index contributed by atoms with van der Waals surface area (Å²) in [6.45, 7) is 1.38. The third-order valence-corrected chi connectivity index (χ3v) is 4.00. The summed E-state index contributed by atoms with van der Waals surface area (Å²) < 4.78 is 23.5. The summed E-state index contributed by atoms with van der Waals surface area (Å²) in [6, 6.07) is 13.0. The number of methoxy groups -OCH3 is 1. The van der Waals surface area contributed by atoms with Crippen molar-refractivity contribution < 1.29 is 18.7 Å². The molecule has 1 atom stereocenters. The maximum Gasteiger partial charge on any atom is 0.319 e. The van der Waals surface area contributed by atoms with Gasteiger partial charge < -0.3 is 25.0 Å². The Labute approximate surface area is 159 Å². The molecular weight excluding hydrogens is 349 g/mol. The first-order valence-corrected chi connectivity index (χ1v) is 8.68. The normalized spacial score (nSPS) is 11.9. The zero-order valence-corrected chi connectivity index (χ0v) is 15.9. The van der Waals surface area contributed by atoms with Crippen LogP contribution in [0.25, 0.3) is 0 Å². The number of carbonyl (C=O) groups excluding carboxylic acids is 1. The van der Waals surface area contributed by atoms with Crippen molar-refractivity contribution in [2.45, 2.75) is 6.04 Å². The first-order valence-electron chi connectivity index (χ1n) is 8.68. The van der Waals surface area contributed by atoms with Gasteiger partial charge in [0, 0.05) is 19.3 Å². The van der Waals surface area contributed by atoms with Crippen molar-refractivity contribution in [1.29, 1.82) is 0 Å². The number of benzene rings is 2. The van der Waals surface area contributed by atoms with E-state index in [9.17, 15) is 9.18 Å². The summed E-state index contributed by atoms with van der Waals surface area (Å²) in [5.74, 6) is 0.429. The molecule has 0 heterocycles. The van der Waals surface area contributed by atoms with Gasteiger partial charge in [0.25, 0.3) is 0 Å². The average molecular weight is 375 g/mol. The second kappa shape index (κ2) is 10.5. The molecule has 0 aliphatic carbocycles. The zero-order valence-electron chi connectivity index (χ0n) is 15.9. The summed E-state index contributed by atoms with van der Waals surface area (Å²) in [5.41, 5.74) is 1.59. The van der Waals surface area contributed by atoms with E-state index in [2.05, 4.69) is 10.6 Å². The van der Waals surface area contributed by atoms with Crippen molar-refractivity contribution in [2.75, 3.05) is 46.3 Å². The Hall–Kier alpha value is -2.64. The predicted molar refractivity (Wildman–Crippen MR) is 104 cm³/mol. The largest absolute Gasteiger partial charge is 0.491 e. The average Bonchev–Trinajstić information content (AvgIpc) is 2.65. The van der Waals surface area contributed by atoms with Crippen LogP contribution in [0.4, 0.5) is 14.9 Å². The molecule has 146 valence electrons. The van der Waals surface area contributed by atoms with Crippen molar-refractivity contribution in [3.05, 3.63) is 59.9 Å². The molecule has 0 bridgehead atoms. The molecule has 6 nitrogen and oxygen atoms in total. The lowest BCUT2D eigenvalue weighted by Crippen LogP contribution is -2.36. The molecule has 2 aromatic carbocycles. The fraction of sp³-hybridized carbons (Fsp3) is 0.350. The number of urea groups is 1. The molecule has 0 spiro atoms. The highest BCUT2D eigenvalue weighted by molar-refractivity contribution is 5.89. The Balaban J connectivity index is 1.86. The van der Waals surface area contributed by atoms with Crippen LogP contribution in [0.5, 0.6) is 5.75 Å². The van der Waals surface area contributed by atoms with E-state index < -0.39 is 0 Å². The van der Waals surface area contributed by atoms with Crippen molar-refractivity contribution in [3.8, 4) is 5.75 Å². The summed E-state index contributed by atoms with van der Waals surface area (Å²) in [4.78, 5) is 14.1. The Morgan fingerprint density at radius 1 is 1.07 bits per heavy atom. The van der Waals surface area contributed by atoms with Crippen LogP contribution in [-0.2, 0) is 4.74 Å². The minimum Gasteiger partial charge on any atom is -0.491 e. The molecular formula is C20H26FN3O3. The van der Waals surface area contributed by atoms with Gasteiger partial charge in [-0.1, -0.05) is 12.1 Å². The van der Waals surface area contributed by atoms with Crippen LogP contribution in [0.3, 0.4) is 0 Å². The Morgan fingerprint density at radius 2 is 1.74 bits per heavy atom. The highest BCUT2D eigenvalue weighted by Crippen LogP contribution is 2.18. The van der Waals surface area contributed by atoms with Crippen LogP contribution in [0.1, 0.15) is 11.6 Å². The number of carbonyl (C=O) groups is 1. The molecule has 2 rings (SSSR count). The Bertz CT molecular complexity index is 705. The van der Waals surface area contributed by atoms with Gasteiger partial charge in [0.15, 0.2) is 0 Å². The SMILES string of the molecule is COCCOc1ccc(NC(=O)NCC(c2ccc(F)cc2)N(C)C)cc1. The van der Waals surface area contributed by atoms with Gasteiger partial charge in [-0.15, -0.1) is 0 Å². The van der Waals surface area contributed by atoms with Crippen molar-refractivity contribution in [1.82, 2.24) is 10.2 Å². The molecule has 0 saturated carbocycles. The van der Waals surface area contributed by atoms with Crippen LogP contribution in [0, 0.1) is 5.82 Å². The number of ether oxygens (including phenoxy) is 2. The summed E-state index contributed by atoms with van der Waals surface area (Å²) in [7, 11) is 5.44. The van der Waals surface area contributed by atoms with Crippen molar-refractivity contribution in [2.24, 2.45) is 0 Å². The van der Waals surface area contributed by atoms with E-state index in [1.807, 2.05) is 19.0 Å². The Kier molecular flexibility index (Phi) is 8.03. The number of anilines is 1. The van der Waals surface area contributed by atoms with Gasteiger partial charge in [-0.05, 0) is 56.1 Å². The molecule has 7 heteroatoms. The fourth-order valence-electron chi connectivity index (χ4n) is 2.53. The molecule has 0 aliphatic heterocycles. The van der Waals surface area contributed by atoms with Crippen LogP contribution in [0.15, 0.2) is 48.5 Å². The third-order valence-electron chi connectivity index (χ3n) is 4.00. The van der Waals surface area contributed by atoms with E-state index in [0.717, 1.165) is 5.56 Å². The molecule has 2 amide bonds. The maximum atomic E-state index is 13.1. The second-order valence-electron chi connectivity index (χ2n) is 6.23. The smallest absolute Gasteiger partial charge is 0.319 e. The summed E-state index contributed by atoms with van der Waals surface area (Å²) >= 11 is 0. The molecule has 0 fully saturated rings. The minimum atomic E-state index is -0.308. The first kappa shape index (κ1) is 20.7. The van der Waals surface area contributed by atoms with E-state index in [4.69, 9.17) is 9.47 Å². The van der Waals surface area contributed by atoms with E-state index in [1.54, 1.807) is 43.5 Å². The minimum absolute atomic E-state index is 0.0621. The molecule has 0 aliphatic rings. The molecule has 0 saturated heterocycles. The number of likely N-dealkylation sites (N-methyl/N-ethyl adjacent to an activating group) is 1. The van der Waals surface area contributed by atoms with Crippen molar-refractivity contribution >= 4 is 11.7 Å². The molecule has 27 heavy (non-hydrogen) atoms. The third kappa shape index (κ3) is 6.88. The van der Waals surface area contributed by atoms with Gasteiger partial charge in [0.2, 0.25) is 0 Å². The second-order valence-corrected chi connectivity index (χ2v) is 6.23. The van der Waals surface area contributed by atoms with Crippen LogP contribution < -0.4 is 15.4 Å². The highest BCUT2D eigenvalue weighted by atomic mass is 19.1. The molecule has 2 aromatic rings. The molecule has 2 N–H and O–H groups in total. The van der Waals surface area contributed by atoms with Gasteiger partial charge in [0.1, 0.15) is 18.2 Å². The number of amides is 2. The highest BCUT2D eigenvalue weighted by Gasteiger charge is 2.15. The van der Waals surface area contributed by atoms with E-state index in [-0.39, 0.29) is 17.9 Å². The summed E-state index contributed by atoms with van der Waals surface area (Å²) in [6.07, 6.45) is 0. The number of nitrogens with one attached hydrogen (secondary N) is 2. The number of hydrogen-bond donors (Lipinski definition) is 2. The van der Waals surface area contributed by atoms with Gasteiger partial charge in [-0.2, -0.15) is 0 Å². The maximum absolute atomic E-state index is 13.1. The van der Waals surface area contributed by atoms with Crippen molar-refractivity contribution in [3.63, 3.8) is 0 Å². The fourth-order valence-corrected chi connectivity index (χ4v) is 2.53. The number of nitrogens with zero attached hydrogens (tertiary/aromatic N) is 1. The van der Waals surface area contributed by atoms with Gasteiger partial charge in [-0.25, -0.2) is 9.18 Å². The topological polar surface area (TPSA) is 62.8 Å². The quantitative estimate of drug-likeness (QED) is 0.661.